The molecule has 2 aromatic rings. The van der Waals surface area contributed by atoms with Crippen molar-refractivity contribution >= 4 is 33.4 Å². The Morgan fingerprint density at radius 1 is 1.10 bits per heavy atom. The number of carbonyl (C=O) groups excluding carboxylic acids is 2. The minimum absolute atomic E-state index is 0.0730. The molecule has 2 heterocycles. The zero-order valence-corrected chi connectivity index (χ0v) is 17.5. The lowest BCUT2D eigenvalue weighted by molar-refractivity contribution is -0.140. The Kier molecular flexibility index (Phi) is 7.38. The lowest BCUT2D eigenvalue weighted by Gasteiger charge is -2.34. The maximum Gasteiger partial charge on any atom is 0.309 e. The topological polar surface area (TPSA) is 118 Å². The number of benzene rings is 1. The van der Waals surface area contributed by atoms with E-state index < -0.39 is 28.1 Å². The fourth-order valence-electron chi connectivity index (χ4n) is 2.87. The first-order chi connectivity index (χ1) is 14.4. The molecule has 11 heteroatoms. The van der Waals surface area contributed by atoms with Crippen molar-refractivity contribution in [3.8, 4) is 0 Å². The van der Waals surface area contributed by atoms with Crippen molar-refractivity contribution < 1.29 is 22.7 Å². The Bertz CT molecular complexity index is 986. The van der Waals surface area contributed by atoms with Crippen molar-refractivity contribution in [2.24, 2.45) is 0 Å². The summed E-state index contributed by atoms with van der Waals surface area (Å²) in [6.45, 7) is 0.598. The third kappa shape index (κ3) is 5.54. The normalized spacial score (nSPS) is 17.3. The maximum atomic E-state index is 13.0. The van der Waals surface area contributed by atoms with E-state index in [1.807, 2.05) is 0 Å². The number of carbonyl (C=O) groups is 2. The van der Waals surface area contributed by atoms with E-state index in [2.05, 4.69) is 15.6 Å². The van der Waals surface area contributed by atoms with Gasteiger partial charge in [0.15, 0.2) is 0 Å². The van der Waals surface area contributed by atoms with Gasteiger partial charge in [0.25, 0.3) is 0 Å². The average molecular weight is 453 g/mol. The van der Waals surface area contributed by atoms with Crippen molar-refractivity contribution in [3.63, 3.8) is 0 Å². The molecule has 0 radical (unpaired) electrons. The van der Waals surface area contributed by atoms with E-state index in [1.54, 1.807) is 24.5 Å². The van der Waals surface area contributed by atoms with Gasteiger partial charge in [0, 0.05) is 30.5 Å². The highest BCUT2D eigenvalue weighted by Gasteiger charge is 2.34. The van der Waals surface area contributed by atoms with Crippen LogP contribution in [0.5, 0.6) is 0 Å². The Labute approximate surface area is 179 Å². The molecule has 30 heavy (non-hydrogen) atoms. The number of aromatic nitrogens is 1. The van der Waals surface area contributed by atoms with Gasteiger partial charge in [-0.15, -0.1) is 0 Å². The van der Waals surface area contributed by atoms with Crippen LogP contribution in [0, 0.1) is 0 Å². The molecular weight excluding hydrogens is 432 g/mol. The van der Waals surface area contributed by atoms with Gasteiger partial charge in [0.2, 0.25) is 10.0 Å². The van der Waals surface area contributed by atoms with Gasteiger partial charge in [-0.25, -0.2) is 8.42 Å². The predicted molar refractivity (Wildman–Crippen MR) is 109 cm³/mol. The summed E-state index contributed by atoms with van der Waals surface area (Å²) in [5, 5.41) is 5.35. The molecule has 160 valence electrons. The Hall–Kier alpha value is -2.53. The Balaban J connectivity index is 1.59. The molecule has 0 bridgehead atoms. The molecule has 1 aromatic heterocycles. The zero-order valence-electron chi connectivity index (χ0n) is 16.0. The van der Waals surface area contributed by atoms with E-state index in [0.717, 1.165) is 5.56 Å². The number of rotatable bonds is 6. The third-order valence-electron chi connectivity index (χ3n) is 4.42. The van der Waals surface area contributed by atoms with E-state index in [4.69, 9.17) is 16.3 Å². The molecule has 0 unspecified atom stereocenters. The minimum Gasteiger partial charge on any atom is -0.360 e. The molecule has 1 atom stereocenters. The second-order valence-electron chi connectivity index (χ2n) is 6.50. The molecule has 1 aliphatic heterocycles. The molecule has 1 fully saturated rings. The minimum atomic E-state index is -3.85. The van der Waals surface area contributed by atoms with Gasteiger partial charge in [-0.1, -0.05) is 11.6 Å². The van der Waals surface area contributed by atoms with E-state index in [-0.39, 0.29) is 24.5 Å². The average Bonchev–Trinajstić information content (AvgIpc) is 2.77. The molecule has 0 spiro atoms. The smallest absolute Gasteiger partial charge is 0.309 e. The standard InChI is InChI=1S/C19H21ClN4O5S/c20-15-2-4-16(5-3-15)30(27,28)24-10-1-11-29-17(24)13-23-19(26)18(25)22-12-14-6-8-21-9-7-14/h2-9,17H,1,10-13H2,(H,22,25)(H,23,26)/t17-/m1/s1. The van der Waals surface area contributed by atoms with Crippen LogP contribution in [0.2, 0.25) is 5.02 Å². The number of hydrogen-bond acceptors (Lipinski definition) is 6. The molecule has 2 amide bonds. The first kappa shape index (κ1) is 22.2. The lowest BCUT2D eigenvalue weighted by Crippen LogP contribution is -2.53. The van der Waals surface area contributed by atoms with Crippen molar-refractivity contribution in [1.82, 2.24) is 19.9 Å². The van der Waals surface area contributed by atoms with Crippen LogP contribution < -0.4 is 10.6 Å². The van der Waals surface area contributed by atoms with Crippen molar-refractivity contribution in [3.05, 3.63) is 59.4 Å². The summed E-state index contributed by atoms with van der Waals surface area (Å²) < 4.78 is 32.6. The van der Waals surface area contributed by atoms with Crippen LogP contribution in [-0.2, 0) is 30.9 Å². The van der Waals surface area contributed by atoms with E-state index in [1.165, 1.54) is 28.6 Å². The highest BCUT2D eigenvalue weighted by atomic mass is 35.5. The molecule has 1 saturated heterocycles. The van der Waals surface area contributed by atoms with Crippen LogP contribution in [0.4, 0.5) is 0 Å². The van der Waals surface area contributed by atoms with Gasteiger partial charge < -0.3 is 15.4 Å². The van der Waals surface area contributed by atoms with Gasteiger partial charge >= 0.3 is 11.8 Å². The summed E-state index contributed by atoms with van der Waals surface area (Å²) in [5.74, 6) is -1.70. The van der Waals surface area contributed by atoms with Crippen molar-refractivity contribution in [2.45, 2.75) is 24.1 Å². The van der Waals surface area contributed by atoms with Crippen LogP contribution in [0.15, 0.2) is 53.7 Å². The highest BCUT2D eigenvalue weighted by Crippen LogP contribution is 2.23. The van der Waals surface area contributed by atoms with Gasteiger partial charge in [-0.2, -0.15) is 4.31 Å². The largest absolute Gasteiger partial charge is 0.360 e. The van der Waals surface area contributed by atoms with Crippen LogP contribution >= 0.6 is 11.6 Å². The Morgan fingerprint density at radius 2 is 1.77 bits per heavy atom. The highest BCUT2D eigenvalue weighted by molar-refractivity contribution is 7.89. The fourth-order valence-corrected chi connectivity index (χ4v) is 4.56. The summed E-state index contributed by atoms with van der Waals surface area (Å²) in [4.78, 5) is 28.0. The number of hydrogen-bond donors (Lipinski definition) is 2. The number of amides is 2. The van der Waals surface area contributed by atoms with Crippen LogP contribution in [0.1, 0.15) is 12.0 Å². The predicted octanol–water partition coefficient (Wildman–Crippen LogP) is 0.905. The second-order valence-corrected chi connectivity index (χ2v) is 8.82. The number of halogens is 1. The maximum absolute atomic E-state index is 13.0. The number of sulfonamides is 1. The quantitative estimate of drug-likeness (QED) is 0.629. The molecule has 1 aliphatic rings. The first-order valence-electron chi connectivity index (χ1n) is 9.22. The van der Waals surface area contributed by atoms with E-state index >= 15 is 0 Å². The van der Waals surface area contributed by atoms with Gasteiger partial charge in [-0.3, -0.25) is 14.6 Å². The number of ether oxygens (including phenoxy) is 1. The fraction of sp³-hybridized carbons (Fsp3) is 0.316. The molecule has 0 saturated carbocycles. The second kappa shape index (κ2) is 9.98. The number of nitrogens with zero attached hydrogens (tertiary/aromatic N) is 2. The van der Waals surface area contributed by atoms with Crippen molar-refractivity contribution in [1.29, 1.82) is 0 Å². The number of pyridine rings is 1. The summed E-state index contributed by atoms with van der Waals surface area (Å²) in [5.41, 5.74) is 0.794. The van der Waals surface area contributed by atoms with Crippen LogP contribution in [0.25, 0.3) is 0 Å². The Morgan fingerprint density at radius 3 is 2.47 bits per heavy atom. The van der Waals surface area contributed by atoms with Crippen LogP contribution in [-0.4, -0.2) is 55.4 Å². The van der Waals surface area contributed by atoms with E-state index in [9.17, 15) is 18.0 Å². The summed E-state index contributed by atoms with van der Waals surface area (Å²) >= 11 is 5.83. The summed E-state index contributed by atoms with van der Waals surface area (Å²) in [6.07, 6.45) is 2.76. The molecule has 2 N–H and O–H groups in total. The van der Waals surface area contributed by atoms with Crippen LogP contribution in [0.3, 0.4) is 0 Å². The van der Waals surface area contributed by atoms with Gasteiger partial charge in [0.05, 0.1) is 18.0 Å². The zero-order chi connectivity index (χ0) is 21.6. The molecular formula is C19H21ClN4O5S. The monoisotopic (exact) mass is 452 g/mol. The lowest BCUT2D eigenvalue weighted by atomic mass is 10.3. The van der Waals surface area contributed by atoms with Crippen molar-refractivity contribution in [2.75, 3.05) is 19.7 Å². The van der Waals surface area contributed by atoms with Gasteiger partial charge in [-0.05, 0) is 48.4 Å². The SMILES string of the molecule is O=C(NCc1ccncc1)C(=O)NC[C@H]1OCCCN1S(=O)(=O)c1ccc(Cl)cc1. The third-order valence-corrected chi connectivity index (χ3v) is 6.58. The number of nitrogens with one attached hydrogen (secondary N) is 2. The van der Waals surface area contributed by atoms with E-state index in [0.29, 0.717) is 18.1 Å². The first-order valence-corrected chi connectivity index (χ1v) is 11.0. The van der Waals surface area contributed by atoms with Gasteiger partial charge in [0.1, 0.15) is 6.23 Å². The summed E-state index contributed by atoms with van der Waals surface area (Å²) in [6, 6.07) is 9.23. The molecule has 1 aromatic carbocycles. The molecule has 0 aliphatic carbocycles. The summed E-state index contributed by atoms with van der Waals surface area (Å²) in [7, 11) is -3.85. The molecule has 3 rings (SSSR count). The molecule has 9 nitrogen and oxygen atoms in total.